The molecule has 0 aliphatic carbocycles. The van der Waals surface area contributed by atoms with Gasteiger partial charge in [-0.1, -0.05) is 72.8 Å². The lowest BCUT2D eigenvalue weighted by atomic mass is 9.98. The molecule has 10 heteroatoms. The summed E-state index contributed by atoms with van der Waals surface area (Å²) in [6.07, 6.45) is 0.704. The minimum Gasteiger partial charge on any atom is -0.478 e. The van der Waals surface area contributed by atoms with Crippen LogP contribution in [-0.2, 0) is 22.6 Å². The number of hydrogen-bond acceptors (Lipinski definition) is 8. The zero-order chi connectivity index (χ0) is 35.0. The van der Waals surface area contributed by atoms with Crippen molar-refractivity contribution in [1.82, 2.24) is 15.2 Å². The number of pyridine rings is 1. The number of aromatic nitrogens is 1. The van der Waals surface area contributed by atoms with E-state index in [1.165, 1.54) is 12.1 Å². The Morgan fingerprint density at radius 3 is 2.10 bits per heavy atom. The van der Waals surface area contributed by atoms with E-state index in [0.29, 0.717) is 29.3 Å². The zero-order valence-corrected chi connectivity index (χ0v) is 27.8. The molecule has 252 valence electrons. The molecule has 0 saturated heterocycles. The van der Waals surface area contributed by atoms with Crippen molar-refractivity contribution in [2.75, 3.05) is 13.6 Å². The zero-order valence-electron chi connectivity index (χ0n) is 27.8. The van der Waals surface area contributed by atoms with Crippen LogP contribution < -0.4 is 14.8 Å². The third-order valence-corrected chi connectivity index (χ3v) is 7.46. The average Bonchev–Trinajstić information content (AvgIpc) is 3.08. The van der Waals surface area contributed by atoms with E-state index in [-0.39, 0.29) is 29.4 Å². The molecule has 49 heavy (non-hydrogen) atoms. The van der Waals surface area contributed by atoms with Gasteiger partial charge in [-0.05, 0) is 68.8 Å². The Labute approximate surface area is 284 Å². The van der Waals surface area contributed by atoms with Crippen molar-refractivity contribution in [2.45, 2.75) is 45.6 Å². The maximum Gasteiger partial charge on any atom is 0.413 e. The largest absolute Gasteiger partial charge is 0.478 e. The van der Waals surface area contributed by atoms with Crippen LogP contribution in [-0.4, -0.2) is 47.4 Å². The number of aldehydes is 1. The van der Waals surface area contributed by atoms with E-state index in [0.717, 1.165) is 16.7 Å². The first-order chi connectivity index (χ1) is 23.5. The Kier molecular flexibility index (Phi) is 11.0. The molecule has 5 aromatic rings. The maximum atomic E-state index is 13.6. The predicted molar refractivity (Wildman–Crippen MR) is 184 cm³/mol. The second-order valence-corrected chi connectivity index (χ2v) is 12.5. The molecule has 9 nitrogen and oxygen atoms in total. The SMILES string of the molecule is CN(Cc1ccc(F)cc1)Cc1c(C=O)c(OC(c2ccccc2)c2ccccc2)c2ncccc2c1OC(=O)NCC(=O)OC(C)(C)C. The number of hydrogen-bond donors (Lipinski definition) is 1. The van der Waals surface area contributed by atoms with Crippen LogP contribution in [0.4, 0.5) is 9.18 Å². The minimum absolute atomic E-state index is 0.0844. The van der Waals surface area contributed by atoms with Crippen LogP contribution in [0.15, 0.2) is 103 Å². The maximum absolute atomic E-state index is 13.6. The summed E-state index contributed by atoms with van der Waals surface area (Å²) in [6.45, 7) is 5.26. The fourth-order valence-corrected chi connectivity index (χ4v) is 5.42. The third kappa shape index (κ3) is 9.05. The highest BCUT2D eigenvalue weighted by Gasteiger charge is 2.28. The van der Waals surface area contributed by atoms with E-state index in [4.69, 9.17) is 14.2 Å². The smallest absolute Gasteiger partial charge is 0.413 e. The monoisotopic (exact) mass is 663 g/mol. The van der Waals surface area contributed by atoms with E-state index in [9.17, 15) is 18.8 Å². The van der Waals surface area contributed by atoms with Crippen LogP contribution in [0.3, 0.4) is 0 Å². The van der Waals surface area contributed by atoms with E-state index < -0.39 is 30.3 Å². The lowest BCUT2D eigenvalue weighted by molar-refractivity contribution is -0.153. The summed E-state index contributed by atoms with van der Waals surface area (Å²) in [7, 11) is 1.83. The number of esters is 1. The number of carbonyl (C=O) groups excluding carboxylic acids is 3. The van der Waals surface area contributed by atoms with Crippen molar-refractivity contribution in [3.8, 4) is 11.5 Å². The van der Waals surface area contributed by atoms with Gasteiger partial charge < -0.3 is 19.5 Å². The molecule has 1 amide bonds. The van der Waals surface area contributed by atoms with E-state index in [2.05, 4.69) is 10.3 Å². The standard InChI is InChI=1S/C39H38FN3O6/c1-39(2,3)49-33(45)22-42-38(46)48-36-30-16-11-21-41-34(30)37(47-35(27-12-7-5-8-13-27)28-14-9-6-10-15-28)32(25-44)31(36)24-43(4)23-26-17-19-29(40)20-18-26/h5-21,25,35H,22-24H2,1-4H3,(H,42,46). The summed E-state index contributed by atoms with van der Waals surface area (Å²) in [6, 6.07) is 28.8. The van der Waals surface area contributed by atoms with Gasteiger partial charge in [-0.15, -0.1) is 0 Å². The van der Waals surface area contributed by atoms with Crippen LogP contribution in [0, 0.1) is 5.82 Å². The molecule has 0 radical (unpaired) electrons. The highest BCUT2D eigenvalue weighted by molar-refractivity contribution is 6.01. The molecule has 0 spiro atoms. The van der Waals surface area contributed by atoms with Crippen LogP contribution >= 0.6 is 0 Å². The van der Waals surface area contributed by atoms with Gasteiger partial charge in [0.05, 0.1) is 5.56 Å². The van der Waals surface area contributed by atoms with Gasteiger partial charge in [0.2, 0.25) is 0 Å². The summed E-state index contributed by atoms with van der Waals surface area (Å²) < 4.78 is 31.6. The molecule has 1 heterocycles. The topological polar surface area (TPSA) is 107 Å². The molecule has 0 fully saturated rings. The van der Waals surface area contributed by atoms with Crippen molar-refractivity contribution >= 4 is 29.3 Å². The second kappa shape index (κ2) is 15.5. The highest BCUT2D eigenvalue weighted by Crippen LogP contribution is 2.42. The molecule has 1 aromatic heterocycles. The Morgan fingerprint density at radius 1 is 0.878 bits per heavy atom. The molecule has 5 rings (SSSR count). The number of ether oxygens (including phenoxy) is 3. The number of amides is 1. The molecular weight excluding hydrogens is 625 g/mol. The van der Waals surface area contributed by atoms with Gasteiger partial charge >= 0.3 is 12.1 Å². The summed E-state index contributed by atoms with van der Waals surface area (Å²) in [5, 5.41) is 2.86. The van der Waals surface area contributed by atoms with Gasteiger partial charge in [0.25, 0.3) is 0 Å². The molecule has 0 aliphatic rings. The lowest BCUT2D eigenvalue weighted by Gasteiger charge is -2.26. The summed E-state index contributed by atoms with van der Waals surface area (Å²) >= 11 is 0. The van der Waals surface area contributed by atoms with E-state index >= 15 is 0 Å². The van der Waals surface area contributed by atoms with Crippen molar-refractivity contribution in [3.63, 3.8) is 0 Å². The summed E-state index contributed by atoms with van der Waals surface area (Å²) in [5.74, 6) is -0.686. The van der Waals surface area contributed by atoms with Gasteiger partial charge in [0.15, 0.2) is 12.0 Å². The number of halogens is 1. The number of fused-ring (bicyclic) bond motifs is 1. The van der Waals surface area contributed by atoms with Gasteiger partial charge in [0.1, 0.15) is 35.3 Å². The van der Waals surface area contributed by atoms with Gasteiger partial charge in [-0.25, -0.2) is 9.18 Å². The fourth-order valence-electron chi connectivity index (χ4n) is 5.42. The molecular formula is C39H38FN3O6. The van der Waals surface area contributed by atoms with Gasteiger partial charge in [-0.2, -0.15) is 0 Å². The molecule has 1 N–H and O–H groups in total. The van der Waals surface area contributed by atoms with Crippen LogP contribution in [0.5, 0.6) is 11.5 Å². The van der Waals surface area contributed by atoms with Crippen LogP contribution in [0.2, 0.25) is 0 Å². The molecule has 0 saturated carbocycles. The summed E-state index contributed by atoms with van der Waals surface area (Å²) in [4.78, 5) is 45.1. The second-order valence-electron chi connectivity index (χ2n) is 12.5. The van der Waals surface area contributed by atoms with Crippen molar-refractivity contribution < 1.29 is 33.0 Å². The quantitative estimate of drug-likeness (QED) is 0.109. The van der Waals surface area contributed by atoms with E-state index in [1.807, 2.05) is 72.6 Å². The Balaban J connectivity index is 1.60. The number of nitrogens with one attached hydrogen (secondary N) is 1. The molecule has 0 aliphatic heterocycles. The molecule has 4 aromatic carbocycles. The minimum atomic E-state index is -0.921. The van der Waals surface area contributed by atoms with E-state index in [1.54, 1.807) is 51.2 Å². The van der Waals surface area contributed by atoms with Crippen LogP contribution in [0.25, 0.3) is 10.9 Å². The Bertz CT molecular complexity index is 1870. The third-order valence-electron chi connectivity index (χ3n) is 7.46. The van der Waals surface area contributed by atoms with Gasteiger partial charge in [-0.3, -0.25) is 19.5 Å². The first-order valence-electron chi connectivity index (χ1n) is 15.8. The average molecular weight is 664 g/mol. The number of rotatable bonds is 12. The molecule has 0 atom stereocenters. The summed E-state index contributed by atoms with van der Waals surface area (Å²) in [5.41, 5.74) is 2.62. The number of benzene rings is 4. The van der Waals surface area contributed by atoms with Gasteiger partial charge in [0, 0.05) is 30.2 Å². The molecule has 0 unspecified atom stereocenters. The highest BCUT2D eigenvalue weighted by atomic mass is 19.1. The van der Waals surface area contributed by atoms with Crippen molar-refractivity contribution in [2.24, 2.45) is 0 Å². The first-order valence-corrected chi connectivity index (χ1v) is 15.8. The lowest BCUT2D eigenvalue weighted by Crippen LogP contribution is -2.36. The van der Waals surface area contributed by atoms with Crippen molar-refractivity contribution in [3.05, 3.63) is 137 Å². The Hall–Kier alpha value is -5.61. The number of nitrogens with zero attached hydrogens (tertiary/aromatic N) is 2. The first kappa shape index (κ1) is 34.7. The normalized spacial score (nSPS) is 11.4. The Morgan fingerprint density at radius 2 is 1.51 bits per heavy atom. The van der Waals surface area contributed by atoms with Crippen LogP contribution in [0.1, 0.15) is 59.5 Å². The molecule has 0 bridgehead atoms. The van der Waals surface area contributed by atoms with Crippen molar-refractivity contribution in [1.29, 1.82) is 0 Å². The number of carbonyl (C=O) groups is 3. The predicted octanol–water partition coefficient (Wildman–Crippen LogP) is 7.42. The fraction of sp³-hybridized carbons (Fsp3) is 0.231.